The van der Waals surface area contributed by atoms with Gasteiger partial charge in [0.15, 0.2) is 0 Å². The van der Waals surface area contributed by atoms with Gasteiger partial charge in [-0.25, -0.2) is 0 Å². The van der Waals surface area contributed by atoms with E-state index in [0.29, 0.717) is 12.0 Å². The monoisotopic (exact) mass is 251 g/mol. The van der Waals surface area contributed by atoms with Gasteiger partial charge in [0.05, 0.1) is 6.61 Å². The van der Waals surface area contributed by atoms with Crippen molar-refractivity contribution in [3.63, 3.8) is 0 Å². The normalized spacial score (nSPS) is 21.4. The second kappa shape index (κ2) is 6.31. The molecule has 17 heavy (non-hydrogen) atoms. The lowest BCUT2D eigenvalue weighted by Gasteiger charge is -2.22. The molecule has 0 aliphatic carbocycles. The van der Waals surface area contributed by atoms with Gasteiger partial charge in [0.1, 0.15) is 0 Å². The molecule has 1 saturated heterocycles. The van der Waals surface area contributed by atoms with Gasteiger partial charge in [-0.15, -0.1) is 11.8 Å². The number of benzene rings is 1. The van der Waals surface area contributed by atoms with Crippen LogP contribution in [-0.2, 0) is 4.74 Å². The van der Waals surface area contributed by atoms with Crippen molar-refractivity contribution >= 4 is 17.4 Å². The molecule has 0 spiro atoms. The van der Waals surface area contributed by atoms with Gasteiger partial charge in [-0.1, -0.05) is 19.1 Å². The number of ether oxygens (including phenoxy) is 1. The lowest BCUT2D eigenvalue weighted by Crippen LogP contribution is -2.26. The van der Waals surface area contributed by atoms with Crippen LogP contribution in [-0.4, -0.2) is 25.0 Å². The maximum absolute atomic E-state index is 5.45. The van der Waals surface area contributed by atoms with E-state index < -0.39 is 0 Å². The quantitative estimate of drug-likeness (QED) is 0.807. The first-order valence-corrected chi connectivity index (χ1v) is 7.36. The summed E-state index contributed by atoms with van der Waals surface area (Å²) in [6, 6.07) is 9.04. The molecule has 1 aliphatic heterocycles. The third-order valence-corrected chi connectivity index (χ3v) is 4.20. The summed E-state index contributed by atoms with van der Waals surface area (Å²) in [7, 11) is 0. The minimum Gasteiger partial charge on any atom is -0.381 e. The van der Waals surface area contributed by atoms with Crippen molar-refractivity contribution in [2.24, 2.45) is 5.92 Å². The van der Waals surface area contributed by atoms with E-state index in [0.717, 1.165) is 19.0 Å². The van der Waals surface area contributed by atoms with Gasteiger partial charge in [0.2, 0.25) is 0 Å². The van der Waals surface area contributed by atoms with Crippen molar-refractivity contribution in [2.45, 2.75) is 31.2 Å². The van der Waals surface area contributed by atoms with Crippen molar-refractivity contribution in [1.82, 2.24) is 0 Å². The van der Waals surface area contributed by atoms with E-state index in [1.165, 1.54) is 17.0 Å². The minimum absolute atomic E-state index is 0.483. The molecule has 94 valence electrons. The lowest BCUT2D eigenvalue weighted by molar-refractivity contribution is 0.183. The van der Waals surface area contributed by atoms with Gasteiger partial charge in [0, 0.05) is 29.1 Å². The first kappa shape index (κ1) is 12.8. The van der Waals surface area contributed by atoms with Crippen molar-refractivity contribution < 1.29 is 4.74 Å². The second-order valence-corrected chi connectivity index (χ2v) is 5.79. The van der Waals surface area contributed by atoms with E-state index in [2.05, 4.69) is 43.4 Å². The zero-order chi connectivity index (χ0) is 12.1. The molecule has 2 unspecified atom stereocenters. The smallest absolute Gasteiger partial charge is 0.0514 e. The largest absolute Gasteiger partial charge is 0.381 e. The van der Waals surface area contributed by atoms with Crippen LogP contribution in [0.25, 0.3) is 0 Å². The highest BCUT2D eigenvalue weighted by molar-refractivity contribution is 7.99. The molecule has 1 fully saturated rings. The summed E-state index contributed by atoms with van der Waals surface area (Å²) in [5, 5.41) is 3.64. The van der Waals surface area contributed by atoms with Crippen molar-refractivity contribution in [1.29, 1.82) is 0 Å². The Kier molecular flexibility index (Phi) is 4.75. The summed E-state index contributed by atoms with van der Waals surface area (Å²) < 4.78 is 5.45. The first-order chi connectivity index (χ1) is 8.31. The first-order valence-electron chi connectivity index (χ1n) is 6.37. The molecule has 1 aliphatic rings. The van der Waals surface area contributed by atoms with E-state index in [4.69, 9.17) is 4.74 Å². The SMILES string of the molecule is CCSc1ccccc1NC(C)C1CCOC1. The summed E-state index contributed by atoms with van der Waals surface area (Å²) in [4.78, 5) is 1.35. The predicted octanol–water partition coefficient (Wildman–Crippen LogP) is 3.64. The molecule has 1 heterocycles. The van der Waals surface area contributed by atoms with E-state index in [1.54, 1.807) is 0 Å². The van der Waals surface area contributed by atoms with Crippen LogP contribution in [0.4, 0.5) is 5.69 Å². The summed E-state index contributed by atoms with van der Waals surface area (Å²) in [5.74, 6) is 1.76. The number of thioether (sulfide) groups is 1. The lowest BCUT2D eigenvalue weighted by atomic mass is 10.0. The van der Waals surface area contributed by atoms with Gasteiger partial charge in [-0.2, -0.15) is 0 Å². The molecule has 1 aromatic rings. The van der Waals surface area contributed by atoms with Gasteiger partial charge in [-0.05, 0) is 31.2 Å². The van der Waals surface area contributed by atoms with Crippen LogP contribution in [0.3, 0.4) is 0 Å². The average molecular weight is 251 g/mol. The molecular formula is C14H21NOS. The Morgan fingerprint density at radius 2 is 2.29 bits per heavy atom. The van der Waals surface area contributed by atoms with E-state index in [1.807, 2.05) is 11.8 Å². The second-order valence-electron chi connectivity index (χ2n) is 4.49. The summed E-state index contributed by atoms with van der Waals surface area (Å²) >= 11 is 1.89. The molecule has 2 rings (SSSR count). The van der Waals surface area contributed by atoms with Gasteiger partial charge >= 0.3 is 0 Å². The van der Waals surface area contributed by atoms with Crippen LogP contribution >= 0.6 is 11.8 Å². The fourth-order valence-electron chi connectivity index (χ4n) is 2.18. The predicted molar refractivity (Wildman–Crippen MR) is 74.9 cm³/mol. The maximum atomic E-state index is 5.45. The fraction of sp³-hybridized carbons (Fsp3) is 0.571. The molecule has 1 N–H and O–H groups in total. The molecule has 0 bridgehead atoms. The average Bonchev–Trinajstić information content (AvgIpc) is 2.85. The molecule has 0 saturated carbocycles. The molecule has 0 radical (unpaired) electrons. The highest BCUT2D eigenvalue weighted by Gasteiger charge is 2.22. The zero-order valence-electron chi connectivity index (χ0n) is 10.6. The maximum Gasteiger partial charge on any atom is 0.0514 e. The Hall–Kier alpha value is -0.670. The minimum atomic E-state index is 0.483. The Balaban J connectivity index is 2.01. The van der Waals surface area contributed by atoms with Crippen LogP contribution in [0.2, 0.25) is 0 Å². The third kappa shape index (κ3) is 3.39. The summed E-state index contributed by atoms with van der Waals surface area (Å²) in [5.41, 5.74) is 1.26. The van der Waals surface area contributed by atoms with Crippen LogP contribution in [0.5, 0.6) is 0 Å². The number of hydrogen-bond donors (Lipinski definition) is 1. The van der Waals surface area contributed by atoms with Crippen molar-refractivity contribution in [3.05, 3.63) is 24.3 Å². The molecule has 1 aromatic carbocycles. The Morgan fingerprint density at radius 1 is 1.47 bits per heavy atom. The summed E-state index contributed by atoms with van der Waals surface area (Å²) in [6.07, 6.45) is 1.18. The standard InChI is InChI=1S/C14H21NOS/c1-3-17-14-7-5-4-6-13(14)15-11(2)12-8-9-16-10-12/h4-7,11-12,15H,3,8-10H2,1-2H3. The molecule has 3 heteroatoms. The summed E-state index contributed by atoms with van der Waals surface area (Å²) in [6.45, 7) is 6.27. The number of hydrogen-bond acceptors (Lipinski definition) is 3. The number of para-hydroxylation sites is 1. The number of anilines is 1. The van der Waals surface area contributed by atoms with Gasteiger partial charge in [0.25, 0.3) is 0 Å². The number of nitrogens with one attached hydrogen (secondary N) is 1. The highest BCUT2D eigenvalue weighted by Crippen LogP contribution is 2.29. The van der Waals surface area contributed by atoms with Crippen molar-refractivity contribution in [3.8, 4) is 0 Å². The van der Waals surface area contributed by atoms with Gasteiger partial charge < -0.3 is 10.1 Å². The van der Waals surface area contributed by atoms with Gasteiger partial charge in [-0.3, -0.25) is 0 Å². The van der Waals surface area contributed by atoms with Crippen LogP contribution in [0.15, 0.2) is 29.2 Å². The number of rotatable bonds is 5. The topological polar surface area (TPSA) is 21.3 Å². The van der Waals surface area contributed by atoms with Crippen molar-refractivity contribution in [2.75, 3.05) is 24.3 Å². The Labute approximate surface area is 108 Å². The Bertz CT molecular complexity index is 350. The fourth-order valence-corrected chi connectivity index (χ4v) is 2.95. The molecule has 0 aromatic heterocycles. The van der Waals surface area contributed by atoms with E-state index in [9.17, 15) is 0 Å². The van der Waals surface area contributed by atoms with E-state index in [-0.39, 0.29) is 0 Å². The highest BCUT2D eigenvalue weighted by atomic mass is 32.2. The molecule has 2 nitrogen and oxygen atoms in total. The zero-order valence-corrected chi connectivity index (χ0v) is 11.4. The molecule has 2 atom stereocenters. The van der Waals surface area contributed by atoms with Crippen LogP contribution in [0.1, 0.15) is 20.3 Å². The molecule has 0 amide bonds. The Morgan fingerprint density at radius 3 is 3.00 bits per heavy atom. The van der Waals surface area contributed by atoms with Crippen LogP contribution < -0.4 is 5.32 Å². The molecular weight excluding hydrogens is 230 g/mol. The third-order valence-electron chi connectivity index (χ3n) is 3.24. The van der Waals surface area contributed by atoms with Crippen LogP contribution in [0, 0.1) is 5.92 Å². The van der Waals surface area contributed by atoms with E-state index >= 15 is 0 Å².